The number of primary sulfonamides is 1. The molecule has 2 aromatic rings. The van der Waals surface area contributed by atoms with Gasteiger partial charge in [0.15, 0.2) is 6.10 Å². The Hall–Kier alpha value is -3.11. The lowest BCUT2D eigenvalue weighted by molar-refractivity contribution is -0.139. The summed E-state index contributed by atoms with van der Waals surface area (Å²) in [7, 11) is -3.72. The SMILES string of the molecule is NS(=O)(=O)c1ccc(CCNC(=O)CN2C[C@@H](C(=O)N3CCCCC3)Oc3ccccc32)cc1. The van der Waals surface area contributed by atoms with Crippen molar-refractivity contribution in [2.45, 2.75) is 36.7 Å². The van der Waals surface area contributed by atoms with Crippen LogP contribution in [0.25, 0.3) is 0 Å². The molecule has 2 heterocycles. The molecule has 10 heteroatoms. The van der Waals surface area contributed by atoms with E-state index in [-0.39, 0.29) is 23.3 Å². The number of sulfonamides is 1. The van der Waals surface area contributed by atoms with Gasteiger partial charge < -0.3 is 19.9 Å². The Balaban J connectivity index is 1.34. The molecule has 1 atom stereocenters. The first kappa shape index (κ1) is 24.0. The molecule has 2 aromatic carbocycles. The van der Waals surface area contributed by atoms with E-state index in [1.165, 1.54) is 12.1 Å². The smallest absolute Gasteiger partial charge is 0.265 e. The van der Waals surface area contributed by atoms with Gasteiger partial charge in [-0.05, 0) is 55.5 Å². The number of nitrogens with one attached hydrogen (secondary N) is 1. The average molecular weight is 487 g/mol. The van der Waals surface area contributed by atoms with Gasteiger partial charge in [0.1, 0.15) is 5.75 Å². The lowest BCUT2D eigenvalue weighted by Crippen LogP contribution is -2.53. The van der Waals surface area contributed by atoms with Gasteiger partial charge >= 0.3 is 0 Å². The minimum absolute atomic E-state index is 0.0254. The summed E-state index contributed by atoms with van der Waals surface area (Å²) in [5, 5.41) is 8.02. The molecule has 0 bridgehead atoms. The van der Waals surface area contributed by atoms with E-state index in [0.29, 0.717) is 25.3 Å². The van der Waals surface area contributed by atoms with Crippen LogP contribution in [-0.2, 0) is 26.0 Å². The van der Waals surface area contributed by atoms with Crippen molar-refractivity contribution < 1.29 is 22.7 Å². The normalized spacial score (nSPS) is 18.1. The predicted octanol–water partition coefficient (Wildman–Crippen LogP) is 1.27. The standard InChI is InChI=1S/C24H30N4O5S/c25-34(31,32)19-10-8-18(9-11-19)12-13-26-23(29)17-28-16-22(24(30)27-14-4-1-5-15-27)33-21-7-3-2-6-20(21)28/h2-3,6-11,22H,1,4-5,12-17H2,(H,26,29)(H2,25,31,32)/t22-/m0/s1. The van der Waals surface area contributed by atoms with E-state index in [1.54, 1.807) is 12.1 Å². The number of piperidine rings is 1. The van der Waals surface area contributed by atoms with Crippen LogP contribution in [0.4, 0.5) is 5.69 Å². The Kier molecular flexibility index (Phi) is 7.38. The van der Waals surface area contributed by atoms with E-state index < -0.39 is 16.1 Å². The zero-order chi connectivity index (χ0) is 24.1. The second-order valence-electron chi connectivity index (χ2n) is 8.63. The molecule has 9 nitrogen and oxygen atoms in total. The van der Waals surface area contributed by atoms with Crippen LogP contribution in [0.15, 0.2) is 53.4 Å². The van der Waals surface area contributed by atoms with Crippen molar-refractivity contribution in [2.24, 2.45) is 5.14 Å². The van der Waals surface area contributed by atoms with Crippen LogP contribution in [-0.4, -0.2) is 64.0 Å². The third-order valence-corrected chi connectivity index (χ3v) is 7.06. The van der Waals surface area contributed by atoms with Crippen LogP contribution in [0.2, 0.25) is 0 Å². The monoisotopic (exact) mass is 486 g/mol. The van der Waals surface area contributed by atoms with Crippen molar-refractivity contribution in [1.29, 1.82) is 0 Å². The van der Waals surface area contributed by atoms with Gasteiger partial charge in [-0.15, -0.1) is 0 Å². The molecule has 0 aromatic heterocycles. The Labute approximate surface area is 199 Å². The van der Waals surface area contributed by atoms with Crippen molar-refractivity contribution >= 4 is 27.5 Å². The zero-order valence-corrected chi connectivity index (χ0v) is 19.8. The number of ether oxygens (including phenoxy) is 1. The summed E-state index contributed by atoms with van der Waals surface area (Å²) >= 11 is 0. The first-order valence-corrected chi connectivity index (χ1v) is 13.0. The van der Waals surface area contributed by atoms with E-state index in [4.69, 9.17) is 9.88 Å². The fourth-order valence-electron chi connectivity index (χ4n) is 4.32. The number of hydrogen-bond donors (Lipinski definition) is 2. The highest BCUT2D eigenvalue weighted by Crippen LogP contribution is 2.33. The molecule has 0 spiro atoms. The first-order chi connectivity index (χ1) is 16.3. The van der Waals surface area contributed by atoms with Gasteiger partial charge in [0, 0.05) is 19.6 Å². The van der Waals surface area contributed by atoms with Gasteiger partial charge in [-0.25, -0.2) is 13.6 Å². The van der Waals surface area contributed by atoms with Gasteiger partial charge in [0.05, 0.1) is 23.7 Å². The highest BCUT2D eigenvalue weighted by Gasteiger charge is 2.34. The predicted molar refractivity (Wildman–Crippen MR) is 128 cm³/mol. The Morgan fingerprint density at radius 3 is 2.44 bits per heavy atom. The number of amides is 2. The van der Waals surface area contributed by atoms with Crippen molar-refractivity contribution in [3.8, 4) is 5.75 Å². The van der Waals surface area contributed by atoms with E-state index in [0.717, 1.165) is 43.6 Å². The Bertz CT molecular complexity index is 1130. The molecule has 182 valence electrons. The molecule has 2 amide bonds. The van der Waals surface area contributed by atoms with Crippen molar-refractivity contribution in [1.82, 2.24) is 10.2 Å². The second-order valence-corrected chi connectivity index (χ2v) is 10.2. The third kappa shape index (κ3) is 5.87. The summed E-state index contributed by atoms with van der Waals surface area (Å²) in [5.74, 6) is 0.413. The molecular formula is C24H30N4O5S. The topological polar surface area (TPSA) is 122 Å². The third-order valence-electron chi connectivity index (χ3n) is 6.13. The molecular weight excluding hydrogens is 456 g/mol. The Morgan fingerprint density at radius 2 is 1.74 bits per heavy atom. The molecule has 4 rings (SSSR count). The van der Waals surface area contributed by atoms with Crippen LogP contribution in [0.5, 0.6) is 5.75 Å². The van der Waals surface area contributed by atoms with E-state index in [9.17, 15) is 18.0 Å². The molecule has 3 N–H and O–H groups in total. The number of carbonyl (C=O) groups is 2. The molecule has 0 aliphatic carbocycles. The van der Waals surface area contributed by atoms with Crippen molar-refractivity contribution in [2.75, 3.05) is 37.6 Å². The molecule has 0 saturated carbocycles. The van der Waals surface area contributed by atoms with Crippen LogP contribution in [0.3, 0.4) is 0 Å². The molecule has 1 fully saturated rings. The van der Waals surface area contributed by atoms with E-state index in [1.807, 2.05) is 34.1 Å². The molecule has 2 aliphatic heterocycles. The number of likely N-dealkylation sites (tertiary alicyclic amines) is 1. The number of nitrogens with two attached hydrogens (primary N) is 1. The first-order valence-electron chi connectivity index (χ1n) is 11.5. The van der Waals surface area contributed by atoms with E-state index in [2.05, 4.69) is 5.32 Å². The van der Waals surface area contributed by atoms with Crippen LogP contribution in [0, 0.1) is 0 Å². The summed E-state index contributed by atoms with van der Waals surface area (Å²) in [4.78, 5) is 29.5. The van der Waals surface area contributed by atoms with Crippen molar-refractivity contribution in [3.05, 3.63) is 54.1 Å². The van der Waals surface area contributed by atoms with Gasteiger partial charge in [-0.1, -0.05) is 24.3 Å². The second kappa shape index (κ2) is 10.4. The number of fused-ring (bicyclic) bond motifs is 1. The highest BCUT2D eigenvalue weighted by molar-refractivity contribution is 7.89. The minimum Gasteiger partial charge on any atom is -0.477 e. The molecule has 0 unspecified atom stereocenters. The minimum atomic E-state index is -3.72. The van der Waals surface area contributed by atoms with E-state index >= 15 is 0 Å². The van der Waals surface area contributed by atoms with Gasteiger partial charge in [-0.3, -0.25) is 9.59 Å². The molecule has 1 saturated heterocycles. The summed E-state index contributed by atoms with van der Waals surface area (Å²) in [6.45, 7) is 2.32. The van der Waals surface area contributed by atoms with Gasteiger partial charge in [0.2, 0.25) is 15.9 Å². The molecule has 0 radical (unpaired) electrons. The highest BCUT2D eigenvalue weighted by atomic mass is 32.2. The average Bonchev–Trinajstić information content (AvgIpc) is 2.84. The number of carbonyl (C=O) groups excluding carboxylic acids is 2. The van der Waals surface area contributed by atoms with Crippen LogP contribution < -0.4 is 20.1 Å². The maximum atomic E-state index is 13.0. The quantitative estimate of drug-likeness (QED) is 0.608. The van der Waals surface area contributed by atoms with Crippen LogP contribution in [0.1, 0.15) is 24.8 Å². The zero-order valence-electron chi connectivity index (χ0n) is 19.0. The van der Waals surface area contributed by atoms with Gasteiger partial charge in [0.25, 0.3) is 5.91 Å². The maximum absolute atomic E-state index is 13.0. The maximum Gasteiger partial charge on any atom is 0.265 e. The fourth-order valence-corrected chi connectivity index (χ4v) is 4.84. The lowest BCUT2D eigenvalue weighted by atomic mass is 10.1. The fraction of sp³-hybridized carbons (Fsp3) is 0.417. The number of nitrogens with zero attached hydrogens (tertiary/aromatic N) is 2. The number of rotatable bonds is 7. The Morgan fingerprint density at radius 1 is 1.03 bits per heavy atom. The molecule has 2 aliphatic rings. The summed E-state index contributed by atoms with van der Waals surface area (Å²) < 4.78 is 28.7. The number of benzene rings is 2. The summed E-state index contributed by atoms with van der Waals surface area (Å²) in [6.07, 6.45) is 3.06. The largest absolute Gasteiger partial charge is 0.477 e. The number of anilines is 1. The summed E-state index contributed by atoms with van der Waals surface area (Å²) in [6, 6.07) is 13.7. The molecule has 34 heavy (non-hydrogen) atoms. The number of hydrogen-bond acceptors (Lipinski definition) is 6. The van der Waals surface area contributed by atoms with Gasteiger partial charge in [-0.2, -0.15) is 0 Å². The number of para-hydroxylation sites is 2. The lowest BCUT2D eigenvalue weighted by Gasteiger charge is -2.38. The van der Waals surface area contributed by atoms with Crippen LogP contribution >= 0.6 is 0 Å². The van der Waals surface area contributed by atoms with Crippen molar-refractivity contribution in [3.63, 3.8) is 0 Å². The summed E-state index contributed by atoms with van der Waals surface area (Å²) in [5.41, 5.74) is 1.68.